The third-order valence-electron chi connectivity index (χ3n) is 5.29. The van der Waals surface area contributed by atoms with Gasteiger partial charge in [-0.05, 0) is 19.1 Å². The van der Waals surface area contributed by atoms with Gasteiger partial charge in [0, 0.05) is 36.0 Å². The summed E-state index contributed by atoms with van der Waals surface area (Å²) in [4.78, 5) is 24.2. The smallest absolute Gasteiger partial charge is 0.355 e. The number of anilines is 1. The summed E-state index contributed by atoms with van der Waals surface area (Å²) in [5, 5.41) is 0. The van der Waals surface area contributed by atoms with Gasteiger partial charge in [-0.3, -0.25) is 0 Å². The molecule has 31 heavy (non-hydrogen) atoms. The van der Waals surface area contributed by atoms with Crippen LogP contribution in [0.15, 0.2) is 76.1 Å². The van der Waals surface area contributed by atoms with Crippen molar-refractivity contribution < 1.29 is 9.15 Å². The lowest BCUT2D eigenvalue weighted by Crippen LogP contribution is -2.39. The standard InChI is InChI=1S/C24H22N4O3/c1-17-16-28(24(29)26-21(17)27-12-14-30-15-13-27)22-20(18-8-4-2-5-9-18)31-23(25-22)19-10-6-3-7-11-19/h2-11,16H,12-15H2,1H3. The summed E-state index contributed by atoms with van der Waals surface area (Å²) >= 11 is 0. The van der Waals surface area contributed by atoms with E-state index in [9.17, 15) is 4.79 Å². The van der Waals surface area contributed by atoms with Crippen molar-refractivity contribution in [2.24, 2.45) is 0 Å². The van der Waals surface area contributed by atoms with Gasteiger partial charge in [-0.25, -0.2) is 9.36 Å². The maximum Gasteiger partial charge on any atom is 0.355 e. The molecule has 0 aliphatic carbocycles. The van der Waals surface area contributed by atoms with E-state index in [1.807, 2.05) is 67.6 Å². The molecule has 0 spiro atoms. The molecular formula is C24H22N4O3. The van der Waals surface area contributed by atoms with Crippen LogP contribution in [0.2, 0.25) is 0 Å². The fraction of sp³-hybridized carbons (Fsp3) is 0.208. The Labute approximate surface area is 179 Å². The molecule has 7 nitrogen and oxygen atoms in total. The van der Waals surface area contributed by atoms with Gasteiger partial charge >= 0.3 is 5.69 Å². The van der Waals surface area contributed by atoms with Crippen molar-refractivity contribution in [2.45, 2.75) is 6.92 Å². The molecule has 2 aromatic heterocycles. The van der Waals surface area contributed by atoms with E-state index >= 15 is 0 Å². The lowest BCUT2D eigenvalue weighted by molar-refractivity contribution is 0.122. The largest absolute Gasteiger partial charge is 0.434 e. The highest BCUT2D eigenvalue weighted by Gasteiger charge is 2.22. The minimum absolute atomic E-state index is 0.391. The number of benzene rings is 2. The van der Waals surface area contributed by atoms with Crippen LogP contribution in [-0.2, 0) is 4.74 Å². The Balaban J connectivity index is 1.65. The fourth-order valence-electron chi connectivity index (χ4n) is 3.74. The van der Waals surface area contributed by atoms with Crippen LogP contribution in [-0.4, -0.2) is 40.8 Å². The van der Waals surface area contributed by atoms with Gasteiger partial charge in [0.2, 0.25) is 5.89 Å². The Hall–Kier alpha value is -3.71. The average Bonchev–Trinajstić information content (AvgIpc) is 3.27. The van der Waals surface area contributed by atoms with Crippen molar-refractivity contribution in [1.82, 2.24) is 14.5 Å². The SMILES string of the molecule is Cc1cn(-c2nc(-c3ccccc3)oc2-c2ccccc2)c(=O)nc1N1CCOCC1. The van der Waals surface area contributed by atoms with E-state index in [2.05, 4.69) is 9.88 Å². The first-order chi connectivity index (χ1) is 15.2. The summed E-state index contributed by atoms with van der Waals surface area (Å²) < 4.78 is 13.0. The monoisotopic (exact) mass is 414 g/mol. The maximum absolute atomic E-state index is 13.1. The number of nitrogens with zero attached hydrogens (tertiary/aromatic N) is 4. The molecule has 0 bridgehead atoms. The number of aromatic nitrogens is 3. The summed E-state index contributed by atoms with van der Waals surface area (Å²) in [7, 11) is 0. The van der Waals surface area contributed by atoms with Crippen molar-refractivity contribution in [3.8, 4) is 28.6 Å². The minimum atomic E-state index is -0.391. The van der Waals surface area contributed by atoms with Gasteiger partial charge in [-0.15, -0.1) is 0 Å². The zero-order valence-electron chi connectivity index (χ0n) is 17.2. The Kier molecular flexibility index (Phi) is 5.09. The molecule has 0 saturated carbocycles. The van der Waals surface area contributed by atoms with Crippen molar-refractivity contribution in [2.75, 3.05) is 31.2 Å². The molecule has 1 saturated heterocycles. The second-order valence-electron chi connectivity index (χ2n) is 7.40. The first-order valence-corrected chi connectivity index (χ1v) is 10.3. The number of aryl methyl sites for hydroxylation is 1. The molecule has 0 N–H and O–H groups in total. The normalized spacial score (nSPS) is 14.0. The van der Waals surface area contributed by atoms with Crippen LogP contribution in [0.5, 0.6) is 0 Å². The van der Waals surface area contributed by atoms with Gasteiger partial charge in [-0.1, -0.05) is 48.5 Å². The number of hydrogen-bond donors (Lipinski definition) is 0. The van der Waals surface area contributed by atoms with Gasteiger partial charge in [-0.2, -0.15) is 9.97 Å². The molecular weight excluding hydrogens is 392 g/mol. The molecule has 0 amide bonds. The molecule has 0 atom stereocenters. The van der Waals surface area contributed by atoms with E-state index < -0.39 is 5.69 Å². The number of rotatable bonds is 4. The van der Waals surface area contributed by atoms with Crippen molar-refractivity contribution in [3.63, 3.8) is 0 Å². The molecule has 3 heterocycles. The predicted molar refractivity (Wildman–Crippen MR) is 119 cm³/mol. The lowest BCUT2D eigenvalue weighted by Gasteiger charge is -2.28. The highest BCUT2D eigenvalue weighted by Crippen LogP contribution is 2.32. The third kappa shape index (κ3) is 3.75. The van der Waals surface area contributed by atoms with E-state index in [1.165, 1.54) is 4.57 Å². The zero-order valence-corrected chi connectivity index (χ0v) is 17.2. The van der Waals surface area contributed by atoms with E-state index in [0.717, 1.165) is 16.7 Å². The van der Waals surface area contributed by atoms with E-state index in [4.69, 9.17) is 14.1 Å². The number of hydrogen-bond acceptors (Lipinski definition) is 6. The van der Waals surface area contributed by atoms with Crippen molar-refractivity contribution in [1.29, 1.82) is 0 Å². The highest BCUT2D eigenvalue weighted by atomic mass is 16.5. The van der Waals surface area contributed by atoms with Crippen LogP contribution in [0.1, 0.15) is 5.56 Å². The first kappa shape index (κ1) is 19.3. The molecule has 5 rings (SSSR count). The van der Waals surface area contributed by atoms with Crippen molar-refractivity contribution in [3.05, 3.63) is 82.9 Å². The summed E-state index contributed by atoms with van der Waals surface area (Å²) in [5.74, 6) is 2.11. The second-order valence-corrected chi connectivity index (χ2v) is 7.40. The maximum atomic E-state index is 13.1. The van der Waals surface area contributed by atoms with Crippen LogP contribution in [0.4, 0.5) is 5.82 Å². The molecule has 1 aliphatic rings. The quantitative estimate of drug-likeness (QED) is 0.507. The highest BCUT2D eigenvalue weighted by molar-refractivity contribution is 5.69. The summed E-state index contributed by atoms with van der Waals surface area (Å²) in [6, 6.07) is 19.3. The van der Waals surface area contributed by atoms with Gasteiger partial charge < -0.3 is 14.1 Å². The number of ether oxygens (including phenoxy) is 1. The van der Waals surface area contributed by atoms with Crippen LogP contribution in [0, 0.1) is 6.92 Å². The predicted octanol–water partition coefficient (Wildman–Crippen LogP) is 3.70. The molecule has 0 unspecified atom stereocenters. The average molecular weight is 414 g/mol. The minimum Gasteiger partial charge on any atom is -0.434 e. The Morgan fingerprint density at radius 3 is 2.16 bits per heavy atom. The third-order valence-corrected chi connectivity index (χ3v) is 5.29. The topological polar surface area (TPSA) is 73.4 Å². The molecule has 0 radical (unpaired) electrons. The first-order valence-electron chi connectivity index (χ1n) is 10.3. The molecule has 1 fully saturated rings. The number of oxazole rings is 1. The summed E-state index contributed by atoms with van der Waals surface area (Å²) in [6.07, 6.45) is 1.79. The van der Waals surface area contributed by atoms with Crippen LogP contribution in [0.3, 0.4) is 0 Å². The molecule has 7 heteroatoms. The van der Waals surface area contributed by atoms with E-state index in [0.29, 0.717) is 49.6 Å². The van der Waals surface area contributed by atoms with E-state index in [1.54, 1.807) is 6.20 Å². The van der Waals surface area contributed by atoms with Gasteiger partial charge in [0.25, 0.3) is 0 Å². The summed E-state index contributed by atoms with van der Waals surface area (Å²) in [6.45, 7) is 4.65. The lowest BCUT2D eigenvalue weighted by atomic mass is 10.2. The molecule has 1 aliphatic heterocycles. The molecule has 4 aromatic rings. The van der Waals surface area contributed by atoms with Gasteiger partial charge in [0.15, 0.2) is 11.6 Å². The second kappa shape index (κ2) is 8.20. The molecule has 156 valence electrons. The number of morpholine rings is 1. The van der Waals surface area contributed by atoms with Gasteiger partial charge in [0.1, 0.15) is 5.82 Å². The van der Waals surface area contributed by atoms with E-state index in [-0.39, 0.29) is 0 Å². The molecule has 2 aromatic carbocycles. The Morgan fingerprint density at radius 2 is 1.48 bits per heavy atom. The van der Waals surface area contributed by atoms with Gasteiger partial charge in [0.05, 0.1) is 13.2 Å². The Bertz CT molecular complexity index is 1240. The van der Waals surface area contributed by atoms with Crippen LogP contribution >= 0.6 is 0 Å². The summed E-state index contributed by atoms with van der Waals surface area (Å²) in [5.41, 5.74) is 2.18. The van der Waals surface area contributed by atoms with Crippen molar-refractivity contribution >= 4 is 5.82 Å². The van der Waals surface area contributed by atoms with Crippen LogP contribution in [0.25, 0.3) is 28.6 Å². The zero-order chi connectivity index (χ0) is 21.2. The van der Waals surface area contributed by atoms with Crippen LogP contribution < -0.4 is 10.6 Å². The Morgan fingerprint density at radius 1 is 0.839 bits per heavy atom. The fourth-order valence-corrected chi connectivity index (χ4v) is 3.74.